The van der Waals surface area contributed by atoms with Crippen molar-refractivity contribution in [2.24, 2.45) is 0 Å². The van der Waals surface area contributed by atoms with Gasteiger partial charge in [-0.2, -0.15) is 10.1 Å². The summed E-state index contributed by atoms with van der Waals surface area (Å²) < 4.78 is 0.750. The second-order valence-electron chi connectivity index (χ2n) is 2.51. The number of nitroso groups, excluding NO2 is 1. The van der Waals surface area contributed by atoms with Crippen molar-refractivity contribution in [3.8, 4) is 0 Å². The smallest absolute Gasteiger partial charge is 0.182 e. The highest BCUT2D eigenvalue weighted by atomic mass is 16.5. The van der Waals surface area contributed by atoms with Crippen molar-refractivity contribution in [1.29, 1.82) is 0 Å². The number of rotatable bonds is 0. The van der Waals surface area contributed by atoms with E-state index in [4.69, 9.17) is 10.4 Å². The van der Waals surface area contributed by atoms with E-state index in [0.29, 0.717) is 0 Å². The molecule has 12 heavy (non-hydrogen) atoms. The van der Waals surface area contributed by atoms with Crippen molar-refractivity contribution in [2.75, 3.05) is 42.3 Å². The Kier molecular flexibility index (Phi) is 19.1. The fourth-order valence-electron chi connectivity index (χ4n) is 0. The number of nitrogens with zero attached hydrogens (tertiary/aromatic N) is 3. The van der Waals surface area contributed by atoms with E-state index in [2.05, 4.69) is 0 Å². The monoisotopic (exact) mass is 182 g/mol. The van der Waals surface area contributed by atoms with Crippen LogP contribution in [0, 0.1) is 4.91 Å². The van der Waals surface area contributed by atoms with E-state index < -0.39 is 0 Å². The lowest BCUT2D eigenvalue weighted by Crippen LogP contribution is -2.01. The summed E-state index contributed by atoms with van der Waals surface area (Å²) in [5, 5.41) is 17.8. The third-order valence-corrected chi connectivity index (χ3v) is 0. The van der Waals surface area contributed by atoms with Gasteiger partial charge < -0.3 is 10.4 Å². The van der Waals surface area contributed by atoms with Crippen molar-refractivity contribution in [2.45, 2.75) is 0 Å². The SMILES string of the molecule is CN(C)O.CN(C)O.C[N+](C)=O. The Morgan fingerprint density at radius 3 is 0.917 bits per heavy atom. The summed E-state index contributed by atoms with van der Waals surface area (Å²) in [6.45, 7) is 0. The first-order chi connectivity index (χ1) is 5.20. The summed E-state index contributed by atoms with van der Waals surface area (Å²) in [5.74, 6) is 0. The third-order valence-electron chi connectivity index (χ3n) is 0. The molecule has 0 aromatic heterocycles. The number of hydroxylamine groups is 4. The molecule has 0 fully saturated rings. The van der Waals surface area contributed by atoms with Crippen LogP contribution in [-0.2, 0) is 0 Å². The molecule has 0 unspecified atom stereocenters. The Morgan fingerprint density at radius 2 is 0.917 bits per heavy atom. The van der Waals surface area contributed by atoms with E-state index in [0.717, 1.165) is 14.9 Å². The van der Waals surface area contributed by atoms with Gasteiger partial charge in [0.25, 0.3) is 0 Å². The van der Waals surface area contributed by atoms with Gasteiger partial charge in [-0.15, -0.1) is 0 Å². The molecule has 0 atom stereocenters. The van der Waals surface area contributed by atoms with Crippen LogP contribution >= 0.6 is 0 Å². The molecule has 6 heteroatoms. The van der Waals surface area contributed by atoms with Crippen molar-refractivity contribution in [1.82, 2.24) is 10.1 Å². The van der Waals surface area contributed by atoms with Crippen LogP contribution in [0.15, 0.2) is 0 Å². The summed E-state index contributed by atoms with van der Waals surface area (Å²) in [4.78, 5) is 9.36. The zero-order chi connectivity index (χ0) is 10.7. The summed E-state index contributed by atoms with van der Waals surface area (Å²) in [5.41, 5.74) is 0. The summed E-state index contributed by atoms with van der Waals surface area (Å²) in [6.07, 6.45) is 0. The standard InChI is InChI=1S/2C2H7NO.C2H6NO/c3*1-3(2)4/h2*4H,1-2H3;1-2H3/q;;+1. The van der Waals surface area contributed by atoms with E-state index in [1.807, 2.05) is 0 Å². The summed E-state index contributed by atoms with van der Waals surface area (Å²) in [6, 6.07) is 0. The first-order valence-corrected chi connectivity index (χ1v) is 3.27. The van der Waals surface area contributed by atoms with Gasteiger partial charge in [-0.3, -0.25) is 0 Å². The van der Waals surface area contributed by atoms with Gasteiger partial charge in [-0.1, -0.05) is 0 Å². The molecule has 0 spiro atoms. The normalized spacial score (nSPS) is 8.17. The minimum absolute atomic E-state index is 0.750. The van der Waals surface area contributed by atoms with Crippen molar-refractivity contribution < 1.29 is 15.2 Å². The second kappa shape index (κ2) is 13.1. The molecular weight excluding hydrogens is 162 g/mol. The predicted molar refractivity (Wildman–Crippen MR) is 46.4 cm³/mol. The number of hydrogen-bond acceptors (Lipinski definition) is 5. The molecule has 0 aliphatic heterocycles. The molecule has 76 valence electrons. The molecule has 0 bridgehead atoms. The van der Waals surface area contributed by atoms with Crippen molar-refractivity contribution >= 4 is 0 Å². The van der Waals surface area contributed by atoms with Crippen LogP contribution in [0.2, 0.25) is 0 Å². The molecule has 0 radical (unpaired) electrons. The Balaban J connectivity index is -0.000000101. The van der Waals surface area contributed by atoms with Gasteiger partial charge in [-0.05, 0) is 4.76 Å². The average molecular weight is 182 g/mol. The molecule has 0 heterocycles. The maximum absolute atomic E-state index is 9.36. The summed E-state index contributed by atoms with van der Waals surface area (Å²) >= 11 is 0. The van der Waals surface area contributed by atoms with Crippen LogP contribution in [0.4, 0.5) is 0 Å². The molecule has 0 saturated carbocycles. The van der Waals surface area contributed by atoms with Crippen LogP contribution in [0.5, 0.6) is 0 Å². The van der Waals surface area contributed by atoms with Crippen LogP contribution in [0.3, 0.4) is 0 Å². The van der Waals surface area contributed by atoms with Gasteiger partial charge in [0.1, 0.15) is 0 Å². The van der Waals surface area contributed by atoms with E-state index in [1.54, 1.807) is 28.2 Å². The quantitative estimate of drug-likeness (QED) is 0.404. The lowest BCUT2D eigenvalue weighted by atomic mass is 11.2. The Morgan fingerprint density at radius 1 is 0.917 bits per heavy atom. The topological polar surface area (TPSA) is 67.0 Å². The third kappa shape index (κ3) is 2140. The molecule has 0 saturated heterocycles. The minimum Gasteiger partial charge on any atom is -0.315 e. The van der Waals surface area contributed by atoms with Gasteiger partial charge in [0.05, 0.1) is 0 Å². The lowest BCUT2D eigenvalue weighted by Gasteiger charge is -1.89. The van der Waals surface area contributed by atoms with E-state index >= 15 is 0 Å². The second-order valence-corrected chi connectivity index (χ2v) is 2.51. The lowest BCUT2D eigenvalue weighted by molar-refractivity contribution is -0.486. The zero-order valence-electron chi connectivity index (χ0n) is 8.64. The van der Waals surface area contributed by atoms with E-state index in [-0.39, 0.29) is 0 Å². The van der Waals surface area contributed by atoms with Crippen LogP contribution in [0.25, 0.3) is 0 Å². The largest absolute Gasteiger partial charge is 0.315 e. The van der Waals surface area contributed by atoms with Gasteiger partial charge in [0.2, 0.25) is 0 Å². The van der Waals surface area contributed by atoms with Crippen LogP contribution in [-0.4, -0.2) is 67.6 Å². The highest BCUT2D eigenvalue weighted by Crippen LogP contribution is 1.46. The highest BCUT2D eigenvalue weighted by molar-refractivity contribution is 3.91. The maximum atomic E-state index is 9.36. The van der Waals surface area contributed by atoms with Crippen LogP contribution in [0.1, 0.15) is 0 Å². The minimum atomic E-state index is 0.750. The molecule has 0 aliphatic rings. The van der Waals surface area contributed by atoms with Gasteiger partial charge in [0.15, 0.2) is 14.1 Å². The fourth-order valence-corrected chi connectivity index (χ4v) is 0. The molecule has 0 aliphatic carbocycles. The molecule has 2 N–H and O–H groups in total. The average Bonchev–Trinajstić information content (AvgIpc) is 1.54. The van der Waals surface area contributed by atoms with Crippen molar-refractivity contribution in [3.05, 3.63) is 4.91 Å². The summed E-state index contributed by atoms with van der Waals surface area (Å²) in [7, 11) is 9.11. The number of hydrogen-bond donors (Lipinski definition) is 2. The first kappa shape index (κ1) is 17.5. The molecule has 0 amide bonds. The van der Waals surface area contributed by atoms with Gasteiger partial charge >= 0.3 is 0 Å². The zero-order valence-corrected chi connectivity index (χ0v) is 8.64. The van der Waals surface area contributed by atoms with E-state index in [9.17, 15) is 4.91 Å². The predicted octanol–water partition coefficient (Wildman–Crippen LogP) is -0.101. The van der Waals surface area contributed by atoms with E-state index in [1.165, 1.54) is 14.1 Å². The van der Waals surface area contributed by atoms with Gasteiger partial charge in [-0.25, -0.2) is 0 Å². The fraction of sp³-hybridized carbons (Fsp3) is 1.00. The Hall–Kier alpha value is -0.560. The van der Waals surface area contributed by atoms with Crippen molar-refractivity contribution in [3.63, 3.8) is 0 Å². The molecular formula is C6H20N3O3+. The molecule has 0 aromatic rings. The Bertz CT molecular complexity index is 80.5. The maximum Gasteiger partial charge on any atom is 0.182 e. The molecule has 0 aromatic carbocycles. The van der Waals surface area contributed by atoms with Gasteiger partial charge in [0, 0.05) is 33.1 Å². The molecule has 6 nitrogen and oxygen atoms in total. The highest BCUT2D eigenvalue weighted by Gasteiger charge is 1.66. The van der Waals surface area contributed by atoms with Crippen LogP contribution < -0.4 is 0 Å². The first-order valence-electron chi connectivity index (χ1n) is 3.27. The Labute approximate surface area is 73.5 Å². The molecule has 0 rings (SSSR count).